The fourth-order valence-corrected chi connectivity index (χ4v) is 1.91. The number of benzene rings is 1. The van der Waals surface area contributed by atoms with E-state index in [0.29, 0.717) is 31.2 Å². The molecule has 1 aromatic rings. The Morgan fingerprint density at radius 2 is 2.15 bits per heavy atom. The van der Waals surface area contributed by atoms with Crippen molar-refractivity contribution in [1.82, 2.24) is 4.90 Å². The Morgan fingerprint density at radius 1 is 1.40 bits per heavy atom. The Labute approximate surface area is 125 Å². The van der Waals surface area contributed by atoms with Crippen molar-refractivity contribution in [1.29, 1.82) is 0 Å². The van der Waals surface area contributed by atoms with Crippen molar-refractivity contribution in [2.24, 2.45) is 5.73 Å². The largest absolute Gasteiger partial charge is 0.389 e. The van der Waals surface area contributed by atoms with Crippen LogP contribution in [-0.2, 0) is 16.1 Å². The van der Waals surface area contributed by atoms with Gasteiger partial charge in [-0.3, -0.25) is 4.79 Å². The van der Waals surface area contributed by atoms with Crippen molar-refractivity contribution in [3.8, 4) is 0 Å². The number of nitrogens with two attached hydrogens (primary N) is 1. The Bertz CT molecular complexity index is 463. The van der Waals surface area contributed by atoms with E-state index in [1.165, 1.54) is 0 Å². The summed E-state index contributed by atoms with van der Waals surface area (Å²) in [6.07, 6.45) is 1.38. The highest BCUT2D eigenvalue weighted by atomic mass is 32.1. The highest BCUT2D eigenvalue weighted by molar-refractivity contribution is 7.80. The predicted molar refractivity (Wildman–Crippen MR) is 84.5 cm³/mol. The second-order valence-corrected chi connectivity index (χ2v) is 5.12. The number of hydrogen-bond donors (Lipinski definition) is 1. The summed E-state index contributed by atoms with van der Waals surface area (Å²) in [6.45, 7) is 3.77. The Morgan fingerprint density at radius 3 is 2.80 bits per heavy atom. The van der Waals surface area contributed by atoms with E-state index < -0.39 is 0 Å². The van der Waals surface area contributed by atoms with Gasteiger partial charge in [-0.1, -0.05) is 37.3 Å². The molecule has 1 amide bonds. The third kappa shape index (κ3) is 5.67. The van der Waals surface area contributed by atoms with Gasteiger partial charge in [-0.15, -0.1) is 0 Å². The molecular formula is C15H22N2O2S. The second kappa shape index (κ2) is 8.66. The Balaban J connectivity index is 2.48. The molecule has 0 unspecified atom stereocenters. The minimum Gasteiger partial charge on any atom is -0.389 e. The molecule has 0 aliphatic carbocycles. The summed E-state index contributed by atoms with van der Waals surface area (Å²) in [5.41, 5.74) is 7.44. The van der Waals surface area contributed by atoms with E-state index in [2.05, 4.69) is 0 Å². The molecular weight excluding hydrogens is 272 g/mol. The Hall–Kier alpha value is -1.46. The molecule has 0 aromatic heterocycles. The molecule has 4 nitrogen and oxygen atoms in total. The van der Waals surface area contributed by atoms with Crippen molar-refractivity contribution >= 4 is 23.1 Å². The molecule has 1 aromatic carbocycles. The van der Waals surface area contributed by atoms with E-state index in [0.717, 1.165) is 17.5 Å². The number of thiocarbonyl (C=S) groups is 1. The van der Waals surface area contributed by atoms with Gasteiger partial charge >= 0.3 is 0 Å². The minimum atomic E-state index is 0.0711. The summed E-state index contributed by atoms with van der Waals surface area (Å²) in [6, 6.07) is 7.64. The normalized spacial score (nSPS) is 10.3. The van der Waals surface area contributed by atoms with Gasteiger partial charge in [0.2, 0.25) is 5.91 Å². The molecule has 0 radical (unpaired) electrons. The van der Waals surface area contributed by atoms with Crippen molar-refractivity contribution in [3.63, 3.8) is 0 Å². The number of ether oxygens (including phenoxy) is 1. The van der Waals surface area contributed by atoms with E-state index in [9.17, 15) is 4.79 Å². The van der Waals surface area contributed by atoms with Gasteiger partial charge in [-0.2, -0.15) is 0 Å². The summed E-state index contributed by atoms with van der Waals surface area (Å²) in [4.78, 5) is 14.0. The first kappa shape index (κ1) is 16.6. The molecule has 5 heteroatoms. The quantitative estimate of drug-likeness (QED) is 0.589. The topological polar surface area (TPSA) is 55.6 Å². The van der Waals surface area contributed by atoms with Crippen LogP contribution in [0.1, 0.15) is 30.9 Å². The maximum absolute atomic E-state index is 11.9. The molecule has 0 saturated carbocycles. The van der Waals surface area contributed by atoms with Crippen LogP contribution in [0.4, 0.5) is 0 Å². The van der Waals surface area contributed by atoms with Crippen LogP contribution in [0.5, 0.6) is 0 Å². The average molecular weight is 294 g/mol. The highest BCUT2D eigenvalue weighted by Gasteiger charge is 2.09. The summed E-state index contributed by atoms with van der Waals surface area (Å²) in [5, 5.41) is 0. The van der Waals surface area contributed by atoms with Crippen LogP contribution in [0, 0.1) is 0 Å². The van der Waals surface area contributed by atoms with E-state index in [4.69, 9.17) is 22.7 Å². The molecule has 0 aliphatic rings. The third-order valence-corrected chi connectivity index (χ3v) is 3.10. The summed E-state index contributed by atoms with van der Waals surface area (Å²) in [5.74, 6) is 0.0711. The number of nitrogens with zero attached hydrogens (tertiary/aromatic N) is 1. The molecule has 0 bridgehead atoms. The van der Waals surface area contributed by atoms with Crippen LogP contribution in [0.15, 0.2) is 24.3 Å². The average Bonchev–Trinajstić information content (AvgIpc) is 2.43. The van der Waals surface area contributed by atoms with Crippen LogP contribution in [0.3, 0.4) is 0 Å². The monoisotopic (exact) mass is 294 g/mol. The molecule has 2 N–H and O–H groups in total. The minimum absolute atomic E-state index is 0.0711. The first-order valence-electron chi connectivity index (χ1n) is 6.75. The van der Waals surface area contributed by atoms with Crippen LogP contribution >= 0.6 is 12.2 Å². The zero-order valence-electron chi connectivity index (χ0n) is 12.1. The number of carbonyl (C=O) groups is 1. The van der Waals surface area contributed by atoms with Crippen LogP contribution < -0.4 is 5.73 Å². The summed E-state index contributed by atoms with van der Waals surface area (Å²) < 4.78 is 5.32. The van der Waals surface area contributed by atoms with Crippen molar-refractivity contribution in [3.05, 3.63) is 35.4 Å². The number of carbonyl (C=O) groups excluding carboxylic acids is 1. The lowest BCUT2D eigenvalue weighted by molar-refractivity contribution is -0.131. The molecule has 0 fully saturated rings. The maximum atomic E-state index is 11.9. The fraction of sp³-hybridized carbons (Fsp3) is 0.467. The number of rotatable bonds is 8. The van der Waals surface area contributed by atoms with E-state index in [1.54, 1.807) is 11.9 Å². The van der Waals surface area contributed by atoms with Gasteiger partial charge in [-0.25, -0.2) is 0 Å². The van der Waals surface area contributed by atoms with Gasteiger partial charge in [0.25, 0.3) is 0 Å². The van der Waals surface area contributed by atoms with Gasteiger partial charge in [0.05, 0.1) is 13.0 Å². The van der Waals surface area contributed by atoms with Crippen molar-refractivity contribution in [2.45, 2.75) is 26.3 Å². The summed E-state index contributed by atoms with van der Waals surface area (Å²) >= 11 is 4.95. The lowest BCUT2D eigenvalue weighted by atomic mass is 10.1. The van der Waals surface area contributed by atoms with Crippen molar-refractivity contribution in [2.75, 3.05) is 20.3 Å². The lowest BCUT2D eigenvalue weighted by Crippen LogP contribution is -2.27. The van der Waals surface area contributed by atoms with Gasteiger partial charge in [-0.05, 0) is 18.1 Å². The zero-order chi connectivity index (χ0) is 15.0. The van der Waals surface area contributed by atoms with E-state index >= 15 is 0 Å². The molecule has 0 atom stereocenters. The van der Waals surface area contributed by atoms with E-state index in [1.807, 2.05) is 31.2 Å². The zero-order valence-corrected chi connectivity index (χ0v) is 12.9. The van der Waals surface area contributed by atoms with E-state index in [-0.39, 0.29) is 5.91 Å². The maximum Gasteiger partial charge on any atom is 0.224 e. The summed E-state index contributed by atoms with van der Waals surface area (Å²) in [7, 11) is 1.79. The molecule has 1 rings (SSSR count). The standard InChI is InChI=1S/C15H22N2O2S/c1-3-8-19-9-7-14(18)17(2)11-12-5-4-6-13(10-12)15(16)20/h4-6,10H,3,7-9,11H2,1-2H3,(H2,16,20). The fourth-order valence-electron chi connectivity index (χ4n) is 1.78. The highest BCUT2D eigenvalue weighted by Crippen LogP contribution is 2.08. The first-order valence-corrected chi connectivity index (χ1v) is 7.16. The smallest absolute Gasteiger partial charge is 0.224 e. The molecule has 110 valence electrons. The molecule has 20 heavy (non-hydrogen) atoms. The first-order chi connectivity index (χ1) is 9.54. The van der Waals surface area contributed by atoms with Gasteiger partial charge in [0.1, 0.15) is 4.99 Å². The predicted octanol–water partition coefficient (Wildman–Crippen LogP) is 2.10. The van der Waals surface area contributed by atoms with Crippen LogP contribution in [0.25, 0.3) is 0 Å². The lowest BCUT2D eigenvalue weighted by Gasteiger charge is -2.17. The molecule has 0 spiro atoms. The van der Waals surface area contributed by atoms with Crippen LogP contribution in [0.2, 0.25) is 0 Å². The molecule has 0 heterocycles. The van der Waals surface area contributed by atoms with Crippen molar-refractivity contribution < 1.29 is 9.53 Å². The second-order valence-electron chi connectivity index (χ2n) is 4.68. The Kier molecular flexibility index (Phi) is 7.18. The van der Waals surface area contributed by atoms with Gasteiger partial charge in [0, 0.05) is 25.8 Å². The number of hydrogen-bond acceptors (Lipinski definition) is 3. The number of amides is 1. The van der Waals surface area contributed by atoms with Gasteiger partial charge < -0.3 is 15.4 Å². The molecule has 0 aliphatic heterocycles. The van der Waals surface area contributed by atoms with Gasteiger partial charge in [0.15, 0.2) is 0 Å². The molecule has 0 saturated heterocycles. The SMILES string of the molecule is CCCOCCC(=O)N(C)Cc1cccc(C(N)=S)c1. The van der Waals surface area contributed by atoms with Crippen LogP contribution in [-0.4, -0.2) is 36.1 Å². The third-order valence-electron chi connectivity index (χ3n) is 2.87.